The number of amides is 1. The van der Waals surface area contributed by atoms with Gasteiger partial charge in [-0.1, -0.05) is 31.7 Å². The first-order chi connectivity index (χ1) is 10.2. The molecule has 1 aromatic rings. The monoisotopic (exact) mass is 388 g/mol. The molecule has 0 saturated heterocycles. The first-order valence-electron chi connectivity index (χ1n) is 7.94. The second-order valence-corrected chi connectivity index (χ2v) is 6.74. The van der Waals surface area contributed by atoms with Crippen LogP contribution in [-0.4, -0.2) is 25.0 Å². The SMILES string of the molecule is Cc1ccc(C(=O)NCCNC2CCCCCC2)c(Br)c1.Cl. The van der Waals surface area contributed by atoms with Crippen LogP contribution in [0.15, 0.2) is 22.7 Å². The molecule has 0 atom stereocenters. The summed E-state index contributed by atoms with van der Waals surface area (Å²) >= 11 is 3.45. The number of hydrogen-bond acceptors (Lipinski definition) is 2. The number of benzene rings is 1. The summed E-state index contributed by atoms with van der Waals surface area (Å²) in [6.07, 6.45) is 7.96. The number of halogens is 2. The van der Waals surface area contributed by atoms with Crippen molar-refractivity contribution in [2.75, 3.05) is 13.1 Å². The lowest BCUT2D eigenvalue weighted by Crippen LogP contribution is -2.37. The summed E-state index contributed by atoms with van der Waals surface area (Å²) < 4.78 is 0.858. The quantitative estimate of drug-likeness (QED) is 0.585. The fraction of sp³-hybridized carbons (Fsp3) is 0.588. The number of nitrogens with one attached hydrogen (secondary N) is 2. The molecule has 0 heterocycles. The molecule has 2 N–H and O–H groups in total. The van der Waals surface area contributed by atoms with Crippen LogP contribution in [0, 0.1) is 6.92 Å². The topological polar surface area (TPSA) is 41.1 Å². The Balaban J connectivity index is 0.00000242. The van der Waals surface area contributed by atoms with Crippen LogP contribution in [0.1, 0.15) is 54.4 Å². The largest absolute Gasteiger partial charge is 0.351 e. The lowest BCUT2D eigenvalue weighted by molar-refractivity contribution is 0.0952. The highest BCUT2D eigenvalue weighted by atomic mass is 79.9. The van der Waals surface area contributed by atoms with Crippen LogP contribution in [0.2, 0.25) is 0 Å². The standard InChI is InChI=1S/C17H25BrN2O.ClH/c1-13-8-9-15(16(18)12-13)17(21)20-11-10-19-14-6-4-2-3-5-7-14;/h8-9,12,14,19H,2-7,10-11H2,1H3,(H,20,21);1H. The van der Waals surface area contributed by atoms with Gasteiger partial charge in [0.25, 0.3) is 5.91 Å². The molecule has 0 spiro atoms. The van der Waals surface area contributed by atoms with Gasteiger partial charge >= 0.3 is 0 Å². The Kier molecular flexibility index (Phi) is 9.06. The van der Waals surface area contributed by atoms with Crippen LogP contribution in [-0.2, 0) is 0 Å². The number of carbonyl (C=O) groups excluding carboxylic acids is 1. The smallest absolute Gasteiger partial charge is 0.252 e. The van der Waals surface area contributed by atoms with E-state index >= 15 is 0 Å². The second kappa shape index (κ2) is 10.2. The number of rotatable bonds is 5. The highest BCUT2D eigenvalue weighted by molar-refractivity contribution is 9.10. The van der Waals surface area contributed by atoms with Crippen LogP contribution in [0.25, 0.3) is 0 Å². The fourth-order valence-corrected chi connectivity index (χ4v) is 3.51. The van der Waals surface area contributed by atoms with E-state index in [1.165, 1.54) is 38.5 Å². The Bertz CT molecular complexity index is 474. The van der Waals surface area contributed by atoms with Crippen molar-refractivity contribution in [2.24, 2.45) is 0 Å². The van der Waals surface area contributed by atoms with Gasteiger partial charge in [0.2, 0.25) is 0 Å². The summed E-state index contributed by atoms with van der Waals surface area (Å²) in [5.74, 6) is -0.00968. The molecular weight excluding hydrogens is 364 g/mol. The van der Waals surface area contributed by atoms with Crippen LogP contribution in [0.5, 0.6) is 0 Å². The van der Waals surface area contributed by atoms with Crippen molar-refractivity contribution < 1.29 is 4.79 Å². The molecule has 0 unspecified atom stereocenters. The molecule has 0 aromatic heterocycles. The lowest BCUT2D eigenvalue weighted by atomic mass is 10.1. The maximum absolute atomic E-state index is 12.1. The Morgan fingerprint density at radius 2 is 1.86 bits per heavy atom. The van der Waals surface area contributed by atoms with E-state index < -0.39 is 0 Å². The molecule has 1 aliphatic rings. The van der Waals surface area contributed by atoms with Crippen molar-refractivity contribution in [2.45, 2.75) is 51.5 Å². The molecule has 1 amide bonds. The van der Waals surface area contributed by atoms with Gasteiger partial charge in [0.1, 0.15) is 0 Å². The Hall–Kier alpha value is -0.580. The van der Waals surface area contributed by atoms with Gasteiger partial charge in [0, 0.05) is 23.6 Å². The molecule has 5 heteroatoms. The molecule has 1 saturated carbocycles. The minimum atomic E-state index is -0.00968. The highest BCUT2D eigenvalue weighted by Gasteiger charge is 2.12. The molecule has 2 rings (SSSR count). The van der Waals surface area contributed by atoms with Crippen LogP contribution >= 0.6 is 28.3 Å². The molecule has 124 valence electrons. The summed E-state index contributed by atoms with van der Waals surface area (Å²) in [6.45, 7) is 3.54. The highest BCUT2D eigenvalue weighted by Crippen LogP contribution is 2.18. The maximum Gasteiger partial charge on any atom is 0.252 e. The molecule has 0 radical (unpaired) electrons. The lowest BCUT2D eigenvalue weighted by Gasteiger charge is -2.16. The summed E-state index contributed by atoms with van der Waals surface area (Å²) in [5.41, 5.74) is 1.85. The van der Waals surface area contributed by atoms with Gasteiger partial charge in [0.15, 0.2) is 0 Å². The third-order valence-electron chi connectivity index (χ3n) is 4.07. The van der Waals surface area contributed by atoms with E-state index in [0.29, 0.717) is 18.2 Å². The zero-order valence-corrected chi connectivity index (χ0v) is 15.6. The van der Waals surface area contributed by atoms with E-state index in [4.69, 9.17) is 0 Å². The van der Waals surface area contributed by atoms with Crippen molar-refractivity contribution >= 4 is 34.2 Å². The Morgan fingerprint density at radius 1 is 1.18 bits per heavy atom. The minimum absolute atomic E-state index is 0. The van der Waals surface area contributed by atoms with E-state index in [2.05, 4.69) is 26.6 Å². The molecule has 3 nitrogen and oxygen atoms in total. The van der Waals surface area contributed by atoms with E-state index in [0.717, 1.165) is 16.6 Å². The maximum atomic E-state index is 12.1. The van der Waals surface area contributed by atoms with Gasteiger partial charge in [-0.2, -0.15) is 0 Å². The van der Waals surface area contributed by atoms with E-state index in [1.54, 1.807) is 0 Å². The normalized spacial score (nSPS) is 15.7. The average Bonchev–Trinajstić information content (AvgIpc) is 2.72. The van der Waals surface area contributed by atoms with Crippen LogP contribution < -0.4 is 10.6 Å². The summed E-state index contributed by atoms with van der Waals surface area (Å²) in [7, 11) is 0. The van der Waals surface area contributed by atoms with Gasteiger partial charge in [0.05, 0.1) is 5.56 Å². The predicted octanol–water partition coefficient (Wildman–Crippen LogP) is 4.22. The zero-order chi connectivity index (χ0) is 15.1. The molecule has 1 fully saturated rings. The predicted molar refractivity (Wildman–Crippen MR) is 98.0 cm³/mol. The van der Waals surface area contributed by atoms with Crippen LogP contribution in [0.3, 0.4) is 0 Å². The Labute approximate surface area is 148 Å². The average molecular weight is 390 g/mol. The van der Waals surface area contributed by atoms with Crippen molar-refractivity contribution in [3.8, 4) is 0 Å². The van der Waals surface area contributed by atoms with Gasteiger partial charge in [-0.25, -0.2) is 0 Å². The summed E-state index contributed by atoms with van der Waals surface area (Å²) in [6, 6.07) is 6.44. The van der Waals surface area contributed by atoms with Gasteiger partial charge in [-0.15, -0.1) is 12.4 Å². The van der Waals surface area contributed by atoms with Gasteiger partial charge in [-0.3, -0.25) is 4.79 Å². The van der Waals surface area contributed by atoms with Crippen molar-refractivity contribution in [3.63, 3.8) is 0 Å². The molecular formula is C17H26BrClN2O. The fourth-order valence-electron chi connectivity index (χ4n) is 2.84. The molecule has 1 aliphatic carbocycles. The third kappa shape index (κ3) is 6.27. The summed E-state index contributed by atoms with van der Waals surface area (Å²) in [4.78, 5) is 12.1. The first-order valence-corrected chi connectivity index (χ1v) is 8.74. The molecule has 22 heavy (non-hydrogen) atoms. The van der Waals surface area contributed by atoms with Crippen molar-refractivity contribution in [1.82, 2.24) is 10.6 Å². The minimum Gasteiger partial charge on any atom is -0.351 e. The van der Waals surface area contributed by atoms with Gasteiger partial charge in [-0.05, 0) is 53.4 Å². The first kappa shape index (κ1) is 19.5. The molecule has 0 aliphatic heterocycles. The van der Waals surface area contributed by atoms with E-state index in [1.807, 2.05) is 25.1 Å². The van der Waals surface area contributed by atoms with Crippen molar-refractivity contribution in [3.05, 3.63) is 33.8 Å². The van der Waals surface area contributed by atoms with Crippen molar-refractivity contribution in [1.29, 1.82) is 0 Å². The third-order valence-corrected chi connectivity index (χ3v) is 4.72. The number of carbonyl (C=O) groups is 1. The molecule has 1 aromatic carbocycles. The summed E-state index contributed by atoms with van der Waals surface area (Å²) in [5, 5.41) is 6.55. The van der Waals surface area contributed by atoms with Gasteiger partial charge < -0.3 is 10.6 Å². The number of aryl methyl sites for hydroxylation is 1. The Morgan fingerprint density at radius 3 is 2.50 bits per heavy atom. The number of hydrogen-bond donors (Lipinski definition) is 2. The van der Waals surface area contributed by atoms with E-state index in [-0.39, 0.29) is 18.3 Å². The zero-order valence-electron chi connectivity index (χ0n) is 13.2. The molecule has 0 bridgehead atoms. The second-order valence-electron chi connectivity index (χ2n) is 5.88. The van der Waals surface area contributed by atoms with Crippen LogP contribution in [0.4, 0.5) is 0 Å². The van der Waals surface area contributed by atoms with E-state index in [9.17, 15) is 4.79 Å².